The first-order valence-corrected chi connectivity index (χ1v) is 10.0. The van der Waals surface area contributed by atoms with E-state index in [2.05, 4.69) is 17.2 Å². The Balaban J connectivity index is 1.40. The van der Waals surface area contributed by atoms with Gasteiger partial charge in [0.05, 0.1) is 11.0 Å². The Bertz CT molecular complexity index is 874. The van der Waals surface area contributed by atoms with Gasteiger partial charge in [-0.15, -0.1) is 0 Å². The van der Waals surface area contributed by atoms with E-state index in [4.69, 9.17) is 4.98 Å². The fourth-order valence-corrected chi connectivity index (χ4v) is 3.99. The number of carbonyl (C=O) groups is 1. The van der Waals surface area contributed by atoms with Gasteiger partial charge in [-0.2, -0.15) is 0 Å². The number of nitrogens with zero attached hydrogens (tertiary/aromatic N) is 1. The largest absolute Gasteiger partial charge is 0.352 e. The topological polar surface area (TPSA) is 57.8 Å². The summed E-state index contributed by atoms with van der Waals surface area (Å²) in [6.45, 7) is 2.94. The number of carbonyl (C=O) groups excluding carboxylic acids is 1. The molecule has 27 heavy (non-hydrogen) atoms. The molecule has 1 amide bonds. The lowest BCUT2D eigenvalue weighted by Gasteiger charge is -2.21. The standard InChI is InChI=1S/C23H27N3O/c1-16(22-25-20-9-5-6-10-21(20)26-22)18-11-13-19(14-12-18)23(27)24-15-17-7-3-2-4-8-17/h5-6,9-14,16-17H,2-4,7-8,15H2,1H3,(H,24,27)(H,25,26). The van der Waals surface area contributed by atoms with Crippen LogP contribution in [0.1, 0.15) is 66.7 Å². The van der Waals surface area contributed by atoms with E-state index >= 15 is 0 Å². The van der Waals surface area contributed by atoms with Gasteiger partial charge in [-0.3, -0.25) is 4.79 Å². The first-order chi connectivity index (χ1) is 13.2. The molecule has 1 fully saturated rings. The third kappa shape index (κ3) is 4.05. The van der Waals surface area contributed by atoms with Crippen LogP contribution in [0.3, 0.4) is 0 Å². The number of aromatic nitrogens is 2. The third-order valence-corrected chi connectivity index (χ3v) is 5.77. The molecule has 1 saturated carbocycles. The molecule has 0 spiro atoms. The zero-order valence-corrected chi connectivity index (χ0v) is 15.9. The van der Waals surface area contributed by atoms with Crippen molar-refractivity contribution in [3.8, 4) is 0 Å². The van der Waals surface area contributed by atoms with Crippen LogP contribution in [0, 0.1) is 5.92 Å². The molecule has 3 aromatic rings. The lowest BCUT2D eigenvalue weighted by Crippen LogP contribution is -2.30. The first kappa shape index (κ1) is 17.8. The molecule has 4 nitrogen and oxygen atoms in total. The number of nitrogens with one attached hydrogen (secondary N) is 2. The molecule has 1 unspecified atom stereocenters. The predicted octanol–water partition coefficient (Wildman–Crippen LogP) is 5.02. The second-order valence-electron chi connectivity index (χ2n) is 7.70. The minimum Gasteiger partial charge on any atom is -0.352 e. The van der Waals surface area contributed by atoms with Crippen molar-refractivity contribution in [2.45, 2.75) is 44.9 Å². The van der Waals surface area contributed by atoms with Crippen LogP contribution in [0.2, 0.25) is 0 Å². The Morgan fingerprint density at radius 1 is 1.11 bits per heavy atom. The molecule has 2 aromatic carbocycles. The molecule has 1 aliphatic carbocycles. The summed E-state index contributed by atoms with van der Waals surface area (Å²) < 4.78 is 0. The second-order valence-corrected chi connectivity index (χ2v) is 7.70. The summed E-state index contributed by atoms with van der Waals surface area (Å²) in [6, 6.07) is 16.0. The van der Waals surface area contributed by atoms with E-state index < -0.39 is 0 Å². The number of H-pyrrole nitrogens is 1. The summed E-state index contributed by atoms with van der Waals surface area (Å²) in [5.74, 6) is 1.78. The van der Waals surface area contributed by atoms with Gasteiger partial charge in [0.15, 0.2) is 0 Å². The minimum absolute atomic E-state index is 0.0310. The molecule has 0 saturated heterocycles. The number of fused-ring (bicyclic) bond motifs is 1. The number of hydrogen-bond donors (Lipinski definition) is 2. The fourth-order valence-electron chi connectivity index (χ4n) is 3.99. The Labute approximate surface area is 160 Å². The predicted molar refractivity (Wildman–Crippen MR) is 109 cm³/mol. The molecule has 0 bridgehead atoms. The lowest BCUT2D eigenvalue weighted by molar-refractivity contribution is 0.0943. The van der Waals surface area contributed by atoms with Gasteiger partial charge in [0.2, 0.25) is 0 Å². The van der Waals surface area contributed by atoms with E-state index in [1.807, 2.05) is 48.5 Å². The summed E-state index contributed by atoms with van der Waals surface area (Å²) in [5, 5.41) is 3.11. The van der Waals surface area contributed by atoms with E-state index in [-0.39, 0.29) is 11.8 Å². The molecule has 1 aromatic heterocycles. The van der Waals surface area contributed by atoms with Gasteiger partial charge in [-0.1, -0.05) is 50.5 Å². The highest BCUT2D eigenvalue weighted by atomic mass is 16.1. The van der Waals surface area contributed by atoms with Crippen molar-refractivity contribution in [2.24, 2.45) is 5.92 Å². The van der Waals surface area contributed by atoms with Crippen molar-refractivity contribution in [2.75, 3.05) is 6.54 Å². The Morgan fingerprint density at radius 3 is 2.59 bits per heavy atom. The second kappa shape index (κ2) is 7.95. The number of imidazole rings is 1. The molecule has 4 heteroatoms. The zero-order chi connectivity index (χ0) is 18.6. The number of benzene rings is 2. The van der Waals surface area contributed by atoms with Gasteiger partial charge in [0, 0.05) is 18.0 Å². The van der Waals surface area contributed by atoms with Crippen molar-refractivity contribution in [3.63, 3.8) is 0 Å². The summed E-state index contributed by atoms with van der Waals surface area (Å²) in [6.07, 6.45) is 6.43. The van der Waals surface area contributed by atoms with Crippen molar-refractivity contribution in [1.82, 2.24) is 15.3 Å². The maximum absolute atomic E-state index is 12.4. The molecule has 1 atom stereocenters. The van der Waals surface area contributed by atoms with E-state index in [0.29, 0.717) is 5.92 Å². The molecule has 140 valence electrons. The molecule has 2 N–H and O–H groups in total. The number of para-hydroxylation sites is 2. The van der Waals surface area contributed by atoms with Crippen LogP contribution in [0.25, 0.3) is 11.0 Å². The van der Waals surface area contributed by atoms with Crippen LogP contribution in [0.4, 0.5) is 0 Å². The number of hydrogen-bond acceptors (Lipinski definition) is 2. The third-order valence-electron chi connectivity index (χ3n) is 5.77. The molecule has 0 radical (unpaired) electrons. The van der Waals surface area contributed by atoms with Crippen molar-refractivity contribution >= 4 is 16.9 Å². The van der Waals surface area contributed by atoms with Gasteiger partial charge in [0.25, 0.3) is 5.91 Å². The average Bonchev–Trinajstić information content (AvgIpc) is 3.16. The van der Waals surface area contributed by atoms with Crippen LogP contribution in [-0.4, -0.2) is 22.4 Å². The SMILES string of the molecule is CC(c1ccc(C(=O)NCC2CCCCC2)cc1)c1nc2ccccc2[nH]1. The van der Waals surface area contributed by atoms with Gasteiger partial charge in [-0.05, 0) is 48.6 Å². The maximum atomic E-state index is 12.4. The number of aromatic amines is 1. The molecule has 4 rings (SSSR count). The van der Waals surface area contributed by atoms with Crippen LogP contribution in [0.5, 0.6) is 0 Å². The Kier molecular flexibility index (Phi) is 5.23. The smallest absolute Gasteiger partial charge is 0.251 e. The lowest BCUT2D eigenvalue weighted by atomic mass is 9.89. The monoisotopic (exact) mass is 361 g/mol. The number of rotatable bonds is 5. The van der Waals surface area contributed by atoms with Crippen LogP contribution < -0.4 is 5.32 Å². The van der Waals surface area contributed by atoms with Crippen molar-refractivity contribution in [1.29, 1.82) is 0 Å². The summed E-state index contributed by atoms with van der Waals surface area (Å²) >= 11 is 0. The highest BCUT2D eigenvalue weighted by Gasteiger charge is 2.16. The zero-order valence-electron chi connectivity index (χ0n) is 15.9. The molecule has 1 aliphatic rings. The summed E-state index contributed by atoms with van der Waals surface area (Å²) in [4.78, 5) is 20.5. The highest BCUT2D eigenvalue weighted by Crippen LogP contribution is 2.25. The highest BCUT2D eigenvalue weighted by molar-refractivity contribution is 5.94. The van der Waals surface area contributed by atoms with Crippen molar-refractivity contribution in [3.05, 3.63) is 65.5 Å². The van der Waals surface area contributed by atoms with E-state index in [1.165, 1.54) is 32.1 Å². The fraction of sp³-hybridized carbons (Fsp3) is 0.391. The van der Waals surface area contributed by atoms with Crippen LogP contribution in [-0.2, 0) is 0 Å². The van der Waals surface area contributed by atoms with E-state index in [1.54, 1.807) is 0 Å². The minimum atomic E-state index is 0.0310. The normalized spacial score (nSPS) is 16.3. The van der Waals surface area contributed by atoms with Crippen molar-refractivity contribution < 1.29 is 4.79 Å². The van der Waals surface area contributed by atoms with Crippen LogP contribution in [0.15, 0.2) is 48.5 Å². The summed E-state index contributed by atoms with van der Waals surface area (Å²) in [5.41, 5.74) is 3.92. The van der Waals surface area contributed by atoms with Gasteiger partial charge >= 0.3 is 0 Å². The molecule has 0 aliphatic heterocycles. The van der Waals surface area contributed by atoms with Gasteiger partial charge in [-0.25, -0.2) is 4.98 Å². The van der Waals surface area contributed by atoms with Gasteiger partial charge in [0.1, 0.15) is 5.82 Å². The quantitative estimate of drug-likeness (QED) is 0.670. The first-order valence-electron chi connectivity index (χ1n) is 10.0. The number of amides is 1. The van der Waals surface area contributed by atoms with E-state index in [0.717, 1.165) is 34.5 Å². The van der Waals surface area contributed by atoms with Gasteiger partial charge < -0.3 is 10.3 Å². The van der Waals surface area contributed by atoms with Crippen LogP contribution >= 0.6 is 0 Å². The average molecular weight is 361 g/mol. The Morgan fingerprint density at radius 2 is 1.85 bits per heavy atom. The van der Waals surface area contributed by atoms with E-state index in [9.17, 15) is 4.79 Å². The Hall–Kier alpha value is -2.62. The molecular weight excluding hydrogens is 334 g/mol. The molecule has 1 heterocycles. The summed E-state index contributed by atoms with van der Waals surface area (Å²) in [7, 11) is 0. The maximum Gasteiger partial charge on any atom is 0.251 e. The molecular formula is C23H27N3O.